The molecule has 1 unspecified atom stereocenters. The number of furan rings is 1. The van der Waals surface area contributed by atoms with Gasteiger partial charge in [0.05, 0.1) is 12.3 Å². The molecular weight excluding hydrogens is 252 g/mol. The van der Waals surface area contributed by atoms with Gasteiger partial charge in [-0.3, -0.25) is 4.79 Å². The van der Waals surface area contributed by atoms with Gasteiger partial charge in [-0.1, -0.05) is 6.07 Å². The van der Waals surface area contributed by atoms with Gasteiger partial charge in [-0.25, -0.2) is 0 Å². The molecule has 1 aliphatic carbocycles. The zero-order chi connectivity index (χ0) is 13.9. The number of pyridine rings is 1. The maximum absolute atomic E-state index is 12.0. The zero-order valence-electron chi connectivity index (χ0n) is 11.8. The quantitative estimate of drug-likeness (QED) is 0.908. The van der Waals surface area contributed by atoms with Gasteiger partial charge in [-0.05, 0) is 43.9 Å². The van der Waals surface area contributed by atoms with E-state index in [1.807, 2.05) is 22.8 Å². The minimum absolute atomic E-state index is 0.109. The lowest BCUT2D eigenvalue weighted by molar-refractivity contribution is 0.421. The molecule has 0 amide bonds. The Morgan fingerprint density at radius 1 is 1.35 bits per heavy atom. The second-order valence-electron chi connectivity index (χ2n) is 5.34. The van der Waals surface area contributed by atoms with Crippen LogP contribution >= 0.6 is 0 Å². The highest BCUT2D eigenvalue weighted by Gasteiger charge is 2.15. The topological polar surface area (TPSA) is 47.2 Å². The van der Waals surface area contributed by atoms with Gasteiger partial charge in [0.15, 0.2) is 0 Å². The number of aromatic nitrogens is 1. The van der Waals surface area contributed by atoms with E-state index in [2.05, 4.69) is 12.2 Å². The van der Waals surface area contributed by atoms with E-state index >= 15 is 0 Å². The number of rotatable bonds is 5. The van der Waals surface area contributed by atoms with Gasteiger partial charge in [-0.15, -0.1) is 0 Å². The monoisotopic (exact) mass is 272 g/mol. The molecule has 2 heterocycles. The third kappa shape index (κ3) is 2.56. The Balaban J connectivity index is 1.65. The number of hydrogen-bond acceptors (Lipinski definition) is 3. The van der Waals surface area contributed by atoms with Gasteiger partial charge in [0.1, 0.15) is 5.76 Å². The van der Waals surface area contributed by atoms with Crippen LogP contribution in [0.3, 0.4) is 0 Å². The molecule has 4 heteroatoms. The lowest BCUT2D eigenvalue weighted by Gasteiger charge is -2.15. The molecule has 3 rings (SSSR count). The summed E-state index contributed by atoms with van der Waals surface area (Å²) in [6.45, 7) is 3.54. The van der Waals surface area contributed by atoms with E-state index in [9.17, 15) is 4.79 Å². The first-order valence-corrected chi connectivity index (χ1v) is 7.24. The molecule has 0 spiro atoms. The van der Waals surface area contributed by atoms with Crippen molar-refractivity contribution in [2.24, 2.45) is 0 Å². The highest BCUT2D eigenvalue weighted by atomic mass is 16.3. The van der Waals surface area contributed by atoms with Gasteiger partial charge in [0, 0.05) is 24.8 Å². The Bertz CT molecular complexity index is 628. The molecule has 1 atom stereocenters. The van der Waals surface area contributed by atoms with E-state index in [0.29, 0.717) is 6.54 Å². The van der Waals surface area contributed by atoms with Crippen molar-refractivity contribution in [3.8, 4) is 0 Å². The smallest absolute Gasteiger partial charge is 0.250 e. The largest absolute Gasteiger partial charge is 0.468 e. The summed E-state index contributed by atoms with van der Waals surface area (Å²) in [5, 5.41) is 3.40. The Morgan fingerprint density at radius 2 is 2.25 bits per heavy atom. The van der Waals surface area contributed by atoms with Crippen molar-refractivity contribution in [2.45, 2.75) is 38.8 Å². The first-order valence-electron chi connectivity index (χ1n) is 7.24. The van der Waals surface area contributed by atoms with Gasteiger partial charge in [0.25, 0.3) is 5.56 Å². The van der Waals surface area contributed by atoms with E-state index in [0.717, 1.165) is 31.6 Å². The Hall–Kier alpha value is -1.81. The molecule has 2 aromatic rings. The summed E-state index contributed by atoms with van der Waals surface area (Å²) in [6, 6.07) is 7.70. The molecule has 106 valence electrons. The number of aryl methyl sites for hydroxylation is 1. The average Bonchev–Trinajstić information content (AvgIpc) is 3.10. The summed E-state index contributed by atoms with van der Waals surface area (Å²) >= 11 is 0. The van der Waals surface area contributed by atoms with Crippen LogP contribution in [0, 0.1) is 0 Å². The summed E-state index contributed by atoms with van der Waals surface area (Å²) < 4.78 is 7.29. The first kappa shape index (κ1) is 13.2. The van der Waals surface area contributed by atoms with Crippen molar-refractivity contribution in [1.29, 1.82) is 0 Å². The number of nitrogens with one attached hydrogen (secondary N) is 1. The van der Waals surface area contributed by atoms with E-state index in [1.165, 1.54) is 11.3 Å². The van der Waals surface area contributed by atoms with Crippen LogP contribution in [0.25, 0.3) is 0 Å². The van der Waals surface area contributed by atoms with Crippen LogP contribution in [0.5, 0.6) is 0 Å². The molecule has 2 aromatic heterocycles. The lowest BCUT2D eigenvalue weighted by atomic mass is 10.2. The second-order valence-corrected chi connectivity index (χ2v) is 5.34. The first-order chi connectivity index (χ1) is 9.75. The van der Waals surface area contributed by atoms with Crippen molar-refractivity contribution >= 4 is 0 Å². The maximum Gasteiger partial charge on any atom is 0.250 e. The van der Waals surface area contributed by atoms with Crippen molar-refractivity contribution in [3.63, 3.8) is 0 Å². The van der Waals surface area contributed by atoms with Crippen LogP contribution in [0.1, 0.15) is 36.4 Å². The highest BCUT2D eigenvalue weighted by molar-refractivity contribution is 5.25. The molecule has 20 heavy (non-hydrogen) atoms. The minimum Gasteiger partial charge on any atom is -0.468 e. The number of hydrogen-bond donors (Lipinski definition) is 1. The van der Waals surface area contributed by atoms with E-state index in [1.54, 1.807) is 12.3 Å². The summed E-state index contributed by atoms with van der Waals surface area (Å²) in [4.78, 5) is 12.0. The standard InChI is InChI=1S/C16H20N2O2/c1-12(15-6-3-11-20-15)17-9-10-18-14-5-2-4-13(14)7-8-16(18)19/h3,6-8,11-12,17H,2,4-5,9-10H2,1H3. The van der Waals surface area contributed by atoms with Gasteiger partial charge < -0.3 is 14.3 Å². The fraction of sp³-hybridized carbons (Fsp3) is 0.438. The molecule has 0 radical (unpaired) electrons. The Labute approximate surface area is 118 Å². The number of fused-ring (bicyclic) bond motifs is 1. The SMILES string of the molecule is CC(NCCn1c2c(ccc1=O)CCC2)c1ccco1. The Morgan fingerprint density at radius 3 is 3.05 bits per heavy atom. The van der Waals surface area contributed by atoms with Crippen LogP contribution in [0.2, 0.25) is 0 Å². The third-order valence-corrected chi connectivity index (χ3v) is 4.01. The van der Waals surface area contributed by atoms with Crippen LogP contribution in [-0.4, -0.2) is 11.1 Å². The predicted octanol–water partition coefficient (Wildman–Crippen LogP) is 2.28. The molecule has 0 fully saturated rings. The molecule has 1 aliphatic rings. The predicted molar refractivity (Wildman–Crippen MR) is 77.9 cm³/mol. The fourth-order valence-electron chi connectivity index (χ4n) is 2.91. The highest BCUT2D eigenvalue weighted by Crippen LogP contribution is 2.19. The summed E-state index contributed by atoms with van der Waals surface area (Å²) in [5.74, 6) is 0.927. The van der Waals surface area contributed by atoms with Crippen LogP contribution < -0.4 is 10.9 Å². The molecule has 0 saturated carbocycles. The molecule has 0 bridgehead atoms. The van der Waals surface area contributed by atoms with E-state index in [-0.39, 0.29) is 11.6 Å². The molecule has 0 aromatic carbocycles. The van der Waals surface area contributed by atoms with Crippen molar-refractivity contribution in [2.75, 3.05) is 6.54 Å². The molecule has 0 saturated heterocycles. The molecule has 0 aliphatic heterocycles. The molecule has 1 N–H and O–H groups in total. The van der Waals surface area contributed by atoms with E-state index < -0.39 is 0 Å². The third-order valence-electron chi connectivity index (χ3n) is 4.01. The summed E-state index contributed by atoms with van der Waals surface area (Å²) in [5.41, 5.74) is 2.67. The van der Waals surface area contributed by atoms with Crippen LogP contribution in [0.15, 0.2) is 39.7 Å². The minimum atomic E-state index is 0.109. The second kappa shape index (κ2) is 5.67. The zero-order valence-corrected chi connectivity index (χ0v) is 11.8. The van der Waals surface area contributed by atoms with Gasteiger partial charge >= 0.3 is 0 Å². The van der Waals surface area contributed by atoms with Crippen LogP contribution in [-0.2, 0) is 19.4 Å². The normalized spacial score (nSPS) is 15.2. The van der Waals surface area contributed by atoms with E-state index in [4.69, 9.17) is 4.42 Å². The lowest BCUT2D eigenvalue weighted by Crippen LogP contribution is -2.30. The van der Waals surface area contributed by atoms with Crippen molar-refractivity contribution in [3.05, 3.63) is 57.9 Å². The molecule has 4 nitrogen and oxygen atoms in total. The average molecular weight is 272 g/mol. The van der Waals surface area contributed by atoms with Crippen molar-refractivity contribution < 1.29 is 4.42 Å². The summed E-state index contributed by atoms with van der Waals surface area (Å²) in [6.07, 6.45) is 4.97. The summed E-state index contributed by atoms with van der Waals surface area (Å²) in [7, 11) is 0. The van der Waals surface area contributed by atoms with Crippen molar-refractivity contribution in [1.82, 2.24) is 9.88 Å². The Kier molecular flexibility index (Phi) is 3.74. The fourth-order valence-corrected chi connectivity index (χ4v) is 2.91. The maximum atomic E-state index is 12.0. The molecular formula is C16H20N2O2. The van der Waals surface area contributed by atoms with Gasteiger partial charge in [0.2, 0.25) is 0 Å². The van der Waals surface area contributed by atoms with Gasteiger partial charge in [-0.2, -0.15) is 0 Å². The van der Waals surface area contributed by atoms with Crippen LogP contribution in [0.4, 0.5) is 0 Å². The number of nitrogens with zero attached hydrogens (tertiary/aromatic N) is 1.